The quantitative estimate of drug-likeness (QED) is 0.529. The number of phenolic OH excluding ortho intramolecular Hbond substituents is 1. The largest absolute Gasteiger partial charge is 0.508 e. The van der Waals surface area contributed by atoms with Gasteiger partial charge in [0.25, 0.3) is 0 Å². The summed E-state index contributed by atoms with van der Waals surface area (Å²) in [5.41, 5.74) is 11.6. The number of amides is 1. The van der Waals surface area contributed by atoms with Crippen molar-refractivity contribution in [2.45, 2.75) is 12.5 Å². The normalized spacial score (nSPS) is 12.4. The summed E-state index contributed by atoms with van der Waals surface area (Å²) in [6.45, 7) is -0.168. The molecule has 1 unspecified atom stereocenters. The Labute approximate surface area is 87.3 Å². The van der Waals surface area contributed by atoms with Crippen LogP contribution in [0.3, 0.4) is 0 Å². The number of phenols is 1. The summed E-state index contributed by atoms with van der Waals surface area (Å²) in [5, 5.41) is 18.0. The van der Waals surface area contributed by atoms with Crippen LogP contribution in [0.25, 0.3) is 0 Å². The van der Waals surface area contributed by atoms with Crippen molar-refractivity contribution in [3.8, 4) is 5.75 Å². The zero-order chi connectivity index (χ0) is 11.4. The predicted molar refractivity (Wildman–Crippen MR) is 55.4 cm³/mol. The molecular weight excluding hydrogens is 196 g/mol. The van der Waals surface area contributed by atoms with E-state index in [0.717, 1.165) is 0 Å². The predicted octanol–water partition coefficient (Wildman–Crippen LogP) is -0.647. The van der Waals surface area contributed by atoms with E-state index in [-0.39, 0.29) is 17.9 Å². The fourth-order valence-electron chi connectivity index (χ4n) is 1.32. The Morgan fingerprint density at radius 1 is 1.47 bits per heavy atom. The van der Waals surface area contributed by atoms with Crippen LogP contribution >= 0.6 is 0 Å². The molecule has 0 spiro atoms. The van der Waals surface area contributed by atoms with Crippen molar-refractivity contribution in [3.63, 3.8) is 0 Å². The number of aliphatic hydroxyl groups is 1. The molecule has 1 aromatic carbocycles. The summed E-state index contributed by atoms with van der Waals surface area (Å²) in [6.07, 6.45) is 0.342. The van der Waals surface area contributed by atoms with Crippen LogP contribution in [0, 0.1) is 0 Å². The average Bonchev–Trinajstić information content (AvgIpc) is 2.20. The first-order chi connectivity index (χ1) is 7.04. The number of hydrogen-bond donors (Lipinski definition) is 4. The van der Waals surface area contributed by atoms with E-state index in [4.69, 9.17) is 16.6 Å². The molecule has 1 rings (SSSR count). The van der Waals surface area contributed by atoms with Crippen LogP contribution in [0.15, 0.2) is 18.2 Å². The Hall–Kier alpha value is -1.59. The minimum atomic E-state index is -0.619. The van der Waals surface area contributed by atoms with Gasteiger partial charge in [-0.25, -0.2) is 0 Å². The molecule has 5 nitrogen and oxygen atoms in total. The van der Waals surface area contributed by atoms with Crippen molar-refractivity contribution in [1.29, 1.82) is 0 Å². The van der Waals surface area contributed by atoms with Crippen LogP contribution < -0.4 is 11.5 Å². The lowest BCUT2D eigenvalue weighted by Crippen LogP contribution is -2.28. The fraction of sp³-hybridized carbons (Fsp3) is 0.300. The Morgan fingerprint density at radius 3 is 2.67 bits per heavy atom. The molecule has 0 aliphatic heterocycles. The van der Waals surface area contributed by atoms with Gasteiger partial charge in [0, 0.05) is 11.6 Å². The van der Waals surface area contributed by atoms with E-state index in [9.17, 15) is 9.90 Å². The SMILES string of the molecule is NC(=O)c1cc(O)ccc1CC(N)CO. The molecule has 0 saturated heterocycles. The molecule has 0 radical (unpaired) electrons. The first-order valence-corrected chi connectivity index (χ1v) is 4.52. The van der Waals surface area contributed by atoms with Gasteiger partial charge >= 0.3 is 0 Å². The van der Waals surface area contributed by atoms with Gasteiger partial charge < -0.3 is 21.7 Å². The Morgan fingerprint density at radius 2 is 2.13 bits per heavy atom. The fourth-order valence-corrected chi connectivity index (χ4v) is 1.32. The van der Waals surface area contributed by atoms with Gasteiger partial charge in [-0.1, -0.05) is 6.07 Å². The maximum Gasteiger partial charge on any atom is 0.249 e. The molecule has 0 aromatic heterocycles. The smallest absolute Gasteiger partial charge is 0.249 e. The van der Waals surface area contributed by atoms with Gasteiger partial charge in [-0.3, -0.25) is 4.79 Å². The number of carbonyl (C=O) groups excluding carboxylic acids is 1. The standard InChI is InChI=1S/C10H14N2O3/c11-7(5-13)3-6-1-2-8(14)4-9(6)10(12)15/h1-2,4,7,13-14H,3,5,11H2,(H2,12,15). The van der Waals surface area contributed by atoms with Crippen LogP contribution in [-0.4, -0.2) is 28.8 Å². The molecule has 0 saturated carbocycles. The summed E-state index contributed by atoms with van der Waals surface area (Å²) in [6, 6.07) is 3.88. The van der Waals surface area contributed by atoms with E-state index in [0.29, 0.717) is 12.0 Å². The van der Waals surface area contributed by atoms with Crippen molar-refractivity contribution in [3.05, 3.63) is 29.3 Å². The summed E-state index contributed by atoms with van der Waals surface area (Å²) in [4.78, 5) is 11.1. The van der Waals surface area contributed by atoms with E-state index in [1.54, 1.807) is 6.07 Å². The number of aromatic hydroxyl groups is 1. The van der Waals surface area contributed by atoms with Crippen molar-refractivity contribution in [2.24, 2.45) is 11.5 Å². The van der Waals surface area contributed by atoms with Crippen LogP contribution in [0.5, 0.6) is 5.75 Å². The van der Waals surface area contributed by atoms with Crippen LogP contribution in [0.4, 0.5) is 0 Å². The van der Waals surface area contributed by atoms with Crippen molar-refractivity contribution < 1.29 is 15.0 Å². The number of carbonyl (C=O) groups is 1. The molecule has 15 heavy (non-hydrogen) atoms. The topological polar surface area (TPSA) is 110 Å². The lowest BCUT2D eigenvalue weighted by molar-refractivity contribution is 0.0998. The highest BCUT2D eigenvalue weighted by Crippen LogP contribution is 2.17. The monoisotopic (exact) mass is 210 g/mol. The molecule has 0 fully saturated rings. The molecule has 1 amide bonds. The molecule has 0 heterocycles. The van der Waals surface area contributed by atoms with Gasteiger partial charge in [0.15, 0.2) is 0 Å². The first-order valence-electron chi connectivity index (χ1n) is 4.52. The van der Waals surface area contributed by atoms with Gasteiger partial charge in [-0.2, -0.15) is 0 Å². The Balaban J connectivity index is 3.01. The van der Waals surface area contributed by atoms with E-state index >= 15 is 0 Å². The van der Waals surface area contributed by atoms with E-state index in [2.05, 4.69) is 0 Å². The zero-order valence-electron chi connectivity index (χ0n) is 8.18. The number of benzene rings is 1. The molecule has 0 bridgehead atoms. The Kier molecular flexibility index (Phi) is 3.65. The van der Waals surface area contributed by atoms with Crippen LogP contribution in [0.1, 0.15) is 15.9 Å². The van der Waals surface area contributed by atoms with Crippen molar-refractivity contribution >= 4 is 5.91 Å². The lowest BCUT2D eigenvalue weighted by Gasteiger charge is -2.11. The minimum Gasteiger partial charge on any atom is -0.508 e. The van der Waals surface area contributed by atoms with Crippen molar-refractivity contribution in [1.82, 2.24) is 0 Å². The second kappa shape index (κ2) is 4.77. The maximum absolute atomic E-state index is 11.1. The van der Waals surface area contributed by atoms with Gasteiger partial charge in [-0.05, 0) is 24.1 Å². The molecule has 82 valence electrons. The maximum atomic E-state index is 11.1. The molecule has 0 aliphatic rings. The molecule has 1 atom stereocenters. The molecule has 5 heteroatoms. The van der Waals surface area contributed by atoms with Gasteiger partial charge in [0.2, 0.25) is 5.91 Å². The van der Waals surface area contributed by atoms with Gasteiger partial charge in [0.05, 0.1) is 6.61 Å². The summed E-state index contributed by atoms with van der Waals surface area (Å²) in [7, 11) is 0. The third kappa shape index (κ3) is 2.93. The van der Waals surface area contributed by atoms with Gasteiger partial charge in [-0.15, -0.1) is 0 Å². The van der Waals surface area contributed by atoms with Crippen LogP contribution in [-0.2, 0) is 6.42 Å². The summed E-state index contributed by atoms with van der Waals surface area (Å²) in [5.74, 6) is -0.642. The second-order valence-corrected chi connectivity index (χ2v) is 3.35. The molecule has 1 aromatic rings. The first kappa shape index (κ1) is 11.5. The van der Waals surface area contributed by atoms with Crippen molar-refractivity contribution in [2.75, 3.05) is 6.61 Å². The van der Waals surface area contributed by atoms with Gasteiger partial charge in [0.1, 0.15) is 5.75 Å². The lowest BCUT2D eigenvalue weighted by atomic mass is 10.00. The number of nitrogens with two attached hydrogens (primary N) is 2. The highest BCUT2D eigenvalue weighted by molar-refractivity contribution is 5.94. The summed E-state index contributed by atoms with van der Waals surface area (Å²) >= 11 is 0. The third-order valence-electron chi connectivity index (χ3n) is 2.08. The number of rotatable bonds is 4. The minimum absolute atomic E-state index is 0.0230. The molecule has 0 aliphatic carbocycles. The highest BCUT2D eigenvalue weighted by atomic mass is 16.3. The third-order valence-corrected chi connectivity index (χ3v) is 2.08. The number of primary amides is 1. The molecule has 6 N–H and O–H groups in total. The second-order valence-electron chi connectivity index (χ2n) is 3.35. The number of hydrogen-bond acceptors (Lipinski definition) is 4. The molecular formula is C10H14N2O3. The van der Waals surface area contributed by atoms with E-state index in [1.807, 2.05) is 0 Å². The zero-order valence-corrected chi connectivity index (χ0v) is 8.18. The number of aliphatic hydroxyl groups excluding tert-OH is 1. The van der Waals surface area contributed by atoms with E-state index < -0.39 is 11.9 Å². The summed E-state index contributed by atoms with van der Waals surface area (Å²) < 4.78 is 0. The average molecular weight is 210 g/mol. The van der Waals surface area contributed by atoms with Crippen LogP contribution in [0.2, 0.25) is 0 Å². The highest BCUT2D eigenvalue weighted by Gasteiger charge is 2.11. The Bertz CT molecular complexity index is 366. The van der Waals surface area contributed by atoms with E-state index in [1.165, 1.54) is 12.1 Å².